The SMILES string of the molecule is CCOC(C(C)C)C(NC)c1ccc(Cl)c(OC)c1. The van der Waals surface area contributed by atoms with Crippen molar-refractivity contribution in [2.75, 3.05) is 20.8 Å². The van der Waals surface area contributed by atoms with E-state index in [9.17, 15) is 0 Å². The molecule has 1 N–H and O–H groups in total. The molecule has 0 aromatic heterocycles. The van der Waals surface area contributed by atoms with Crippen molar-refractivity contribution in [2.45, 2.75) is 32.9 Å². The standard InChI is InChI=1S/C15H24ClNO2/c1-6-19-15(10(2)3)14(17-4)11-7-8-12(16)13(9-11)18-5/h7-10,14-15,17H,6H2,1-5H3. The molecule has 0 amide bonds. The van der Waals surface area contributed by atoms with Gasteiger partial charge in [0.15, 0.2) is 0 Å². The van der Waals surface area contributed by atoms with Gasteiger partial charge in [0.2, 0.25) is 0 Å². The van der Waals surface area contributed by atoms with E-state index < -0.39 is 0 Å². The van der Waals surface area contributed by atoms with Gasteiger partial charge >= 0.3 is 0 Å². The molecular formula is C15H24ClNO2. The molecule has 3 nitrogen and oxygen atoms in total. The summed E-state index contributed by atoms with van der Waals surface area (Å²) in [4.78, 5) is 0. The predicted octanol–water partition coefficient (Wildman–Crippen LogP) is 3.67. The first-order chi connectivity index (χ1) is 9.04. The summed E-state index contributed by atoms with van der Waals surface area (Å²) in [6.45, 7) is 7.05. The van der Waals surface area contributed by atoms with Crippen molar-refractivity contribution in [3.05, 3.63) is 28.8 Å². The van der Waals surface area contributed by atoms with E-state index >= 15 is 0 Å². The number of likely N-dealkylation sites (N-methyl/N-ethyl adjacent to an activating group) is 1. The minimum Gasteiger partial charge on any atom is -0.495 e. The van der Waals surface area contributed by atoms with Crippen molar-refractivity contribution in [3.63, 3.8) is 0 Å². The van der Waals surface area contributed by atoms with Crippen LogP contribution >= 0.6 is 11.6 Å². The first-order valence-corrected chi connectivity index (χ1v) is 7.05. The number of rotatable bonds is 7. The highest BCUT2D eigenvalue weighted by Crippen LogP contribution is 2.31. The zero-order valence-corrected chi connectivity index (χ0v) is 13.1. The Bertz CT molecular complexity index is 396. The maximum atomic E-state index is 6.07. The average Bonchev–Trinajstić information content (AvgIpc) is 2.40. The van der Waals surface area contributed by atoms with Crippen molar-refractivity contribution in [1.82, 2.24) is 5.32 Å². The van der Waals surface area contributed by atoms with Crippen LogP contribution in [0.1, 0.15) is 32.4 Å². The zero-order valence-electron chi connectivity index (χ0n) is 12.4. The Morgan fingerprint density at radius 3 is 2.47 bits per heavy atom. The number of hydrogen-bond donors (Lipinski definition) is 1. The van der Waals surface area contributed by atoms with Crippen LogP contribution in [0.25, 0.3) is 0 Å². The van der Waals surface area contributed by atoms with Gasteiger partial charge in [-0.25, -0.2) is 0 Å². The fourth-order valence-electron chi connectivity index (χ4n) is 2.26. The number of ether oxygens (including phenoxy) is 2. The molecule has 1 aromatic rings. The first kappa shape index (κ1) is 16.3. The van der Waals surface area contributed by atoms with Gasteiger partial charge in [0.05, 0.1) is 24.3 Å². The summed E-state index contributed by atoms with van der Waals surface area (Å²) >= 11 is 6.07. The van der Waals surface area contributed by atoms with Gasteiger partial charge in [0.25, 0.3) is 0 Å². The quantitative estimate of drug-likeness (QED) is 0.829. The van der Waals surface area contributed by atoms with Gasteiger partial charge in [0.1, 0.15) is 5.75 Å². The molecule has 2 atom stereocenters. The van der Waals surface area contributed by atoms with Crippen LogP contribution < -0.4 is 10.1 Å². The minimum atomic E-state index is 0.112. The van der Waals surface area contributed by atoms with E-state index in [4.69, 9.17) is 21.1 Å². The summed E-state index contributed by atoms with van der Waals surface area (Å²) < 4.78 is 11.2. The Labute approximate surface area is 121 Å². The summed E-state index contributed by atoms with van der Waals surface area (Å²) in [7, 11) is 3.57. The Balaban J connectivity index is 3.07. The molecule has 0 saturated heterocycles. The van der Waals surface area contributed by atoms with E-state index in [0.717, 1.165) is 5.56 Å². The van der Waals surface area contributed by atoms with Crippen molar-refractivity contribution in [2.24, 2.45) is 5.92 Å². The second-order valence-electron chi connectivity index (χ2n) is 4.82. The molecule has 108 valence electrons. The highest BCUT2D eigenvalue weighted by atomic mass is 35.5. The van der Waals surface area contributed by atoms with Crippen LogP contribution in [-0.2, 0) is 4.74 Å². The molecule has 0 saturated carbocycles. The average molecular weight is 286 g/mol. The molecule has 0 radical (unpaired) electrons. The second kappa shape index (κ2) is 7.73. The molecular weight excluding hydrogens is 262 g/mol. The van der Waals surface area contributed by atoms with Gasteiger partial charge in [-0.05, 0) is 37.6 Å². The summed E-state index contributed by atoms with van der Waals surface area (Å²) in [5.74, 6) is 1.11. The van der Waals surface area contributed by atoms with Crippen molar-refractivity contribution in [1.29, 1.82) is 0 Å². The monoisotopic (exact) mass is 285 g/mol. The topological polar surface area (TPSA) is 30.5 Å². The summed E-state index contributed by atoms with van der Waals surface area (Å²) in [5, 5.41) is 3.96. The summed E-state index contributed by atoms with van der Waals surface area (Å²) in [6, 6.07) is 5.97. The van der Waals surface area contributed by atoms with Crippen LogP contribution in [0.4, 0.5) is 0 Å². The minimum absolute atomic E-state index is 0.112. The van der Waals surface area contributed by atoms with Crippen LogP contribution in [0.3, 0.4) is 0 Å². The normalized spacial score (nSPS) is 14.5. The van der Waals surface area contributed by atoms with E-state index in [-0.39, 0.29) is 12.1 Å². The molecule has 0 aliphatic rings. The Hall–Kier alpha value is -0.770. The third kappa shape index (κ3) is 4.10. The fraction of sp³-hybridized carbons (Fsp3) is 0.600. The van der Waals surface area contributed by atoms with Gasteiger partial charge in [-0.3, -0.25) is 0 Å². The van der Waals surface area contributed by atoms with Gasteiger partial charge < -0.3 is 14.8 Å². The Kier molecular flexibility index (Phi) is 6.63. The van der Waals surface area contributed by atoms with Gasteiger partial charge in [-0.2, -0.15) is 0 Å². The van der Waals surface area contributed by atoms with E-state index in [2.05, 4.69) is 19.2 Å². The lowest BCUT2D eigenvalue weighted by atomic mass is 9.93. The Morgan fingerprint density at radius 1 is 1.32 bits per heavy atom. The van der Waals surface area contributed by atoms with E-state index in [0.29, 0.717) is 23.3 Å². The van der Waals surface area contributed by atoms with Crippen molar-refractivity contribution >= 4 is 11.6 Å². The molecule has 0 spiro atoms. The predicted molar refractivity (Wildman–Crippen MR) is 80.1 cm³/mol. The third-order valence-electron chi connectivity index (χ3n) is 3.19. The summed E-state index contributed by atoms with van der Waals surface area (Å²) in [6.07, 6.45) is 0.112. The maximum absolute atomic E-state index is 6.07. The first-order valence-electron chi connectivity index (χ1n) is 6.67. The lowest BCUT2D eigenvalue weighted by Crippen LogP contribution is -2.35. The van der Waals surface area contributed by atoms with E-state index in [1.54, 1.807) is 7.11 Å². The highest BCUT2D eigenvalue weighted by molar-refractivity contribution is 6.32. The molecule has 1 aromatic carbocycles. The van der Waals surface area contributed by atoms with Gasteiger partial charge in [0, 0.05) is 6.61 Å². The number of benzene rings is 1. The largest absolute Gasteiger partial charge is 0.495 e. The maximum Gasteiger partial charge on any atom is 0.137 e. The summed E-state index contributed by atoms with van der Waals surface area (Å²) in [5.41, 5.74) is 1.12. The Morgan fingerprint density at radius 2 is 2.00 bits per heavy atom. The molecule has 19 heavy (non-hydrogen) atoms. The lowest BCUT2D eigenvalue weighted by molar-refractivity contribution is 0.00457. The fourth-order valence-corrected chi connectivity index (χ4v) is 2.45. The molecule has 2 unspecified atom stereocenters. The molecule has 0 aliphatic carbocycles. The van der Waals surface area contributed by atoms with Crippen molar-refractivity contribution in [3.8, 4) is 5.75 Å². The molecule has 0 bridgehead atoms. The highest BCUT2D eigenvalue weighted by Gasteiger charge is 2.25. The lowest BCUT2D eigenvalue weighted by Gasteiger charge is -2.30. The van der Waals surface area contributed by atoms with Gasteiger partial charge in [-0.15, -0.1) is 0 Å². The molecule has 0 aliphatic heterocycles. The van der Waals surface area contributed by atoms with E-state index in [1.807, 2.05) is 32.2 Å². The molecule has 1 rings (SSSR count). The van der Waals surface area contributed by atoms with Gasteiger partial charge in [-0.1, -0.05) is 31.5 Å². The number of halogens is 1. The van der Waals surface area contributed by atoms with Crippen LogP contribution in [0.15, 0.2) is 18.2 Å². The van der Waals surface area contributed by atoms with Crippen LogP contribution in [0.5, 0.6) is 5.75 Å². The van der Waals surface area contributed by atoms with Crippen LogP contribution in [0, 0.1) is 5.92 Å². The smallest absolute Gasteiger partial charge is 0.137 e. The second-order valence-corrected chi connectivity index (χ2v) is 5.23. The number of methoxy groups -OCH3 is 1. The number of hydrogen-bond acceptors (Lipinski definition) is 3. The third-order valence-corrected chi connectivity index (χ3v) is 3.50. The molecule has 0 heterocycles. The van der Waals surface area contributed by atoms with E-state index in [1.165, 1.54) is 0 Å². The van der Waals surface area contributed by atoms with Crippen LogP contribution in [-0.4, -0.2) is 26.9 Å². The molecule has 4 heteroatoms. The number of nitrogens with one attached hydrogen (secondary N) is 1. The zero-order chi connectivity index (χ0) is 14.4. The molecule has 0 fully saturated rings. The van der Waals surface area contributed by atoms with Crippen LogP contribution in [0.2, 0.25) is 5.02 Å². The van der Waals surface area contributed by atoms with Crippen molar-refractivity contribution < 1.29 is 9.47 Å².